The van der Waals surface area contributed by atoms with Crippen LogP contribution in [0.4, 0.5) is 11.4 Å². The molecule has 142 valence electrons. The lowest BCUT2D eigenvalue weighted by Crippen LogP contribution is -2.41. The third kappa shape index (κ3) is 4.86. The molecule has 2 amide bonds. The van der Waals surface area contributed by atoms with Crippen LogP contribution in [0, 0.1) is 5.41 Å². The van der Waals surface area contributed by atoms with Crippen LogP contribution in [0.5, 0.6) is 0 Å². The summed E-state index contributed by atoms with van der Waals surface area (Å²) in [6.45, 7) is 4.89. The number of nitrogens with one attached hydrogen (secondary N) is 2. The van der Waals surface area contributed by atoms with Crippen LogP contribution in [0.15, 0.2) is 48.5 Å². The third-order valence-electron chi connectivity index (χ3n) is 3.93. The van der Waals surface area contributed by atoms with Gasteiger partial charge in [-0.05, 0) is 45.0 Å². The molecule has 2 aromatic rings. The first kappa shape index (κ1) is 20.5. The Morgan fingerprint density at radius 1 is 0.926 bits per heavy atom. The normalized spacial score (nSPS) is 10.8. The Kier molecular flexibility index (Phi) is 6.58. The molecule has 0 atom stereocenters. The van der Waals surface area contributed by atoms with Crippen LogP contribution < -0.4 is 10.6 Å². The fraction of sp³-hybridized carbons (Fsp3) is 0.250. The minimum Gasteiger partial charge on any atom is -0.462 e. The molecule has 0 radical (unpaired) electrons. The molecule has 0 bridgehead atoms. The van der Waals surface area contributed by atoms with Gasteiger partial charge in [0.1, 0.15) is 5.41 Å². The van der Waals surface area contributed by atoms with Gasteiger partial charge in [-0.1, -0.05) is 35.9 Å². The fourth-order valence-electron chi connectivity index (χ4n) is 2.20. The number of ether oxygens (including phenoxy) is 1. The van der Waals surface area contributed by atoms with E-state index < -0.39 is 23.2 Å². The molecule has 0 heterocycles. The molecule has 0 aliphatic heterocycles. The van der Waals surface area contributed by atoms with E-state index in [0.29, 0.717) is 10.7 Å². The van der Waals surface area contributed by atoms with Crippen LogP contribution in [-0.4, -0.2) is 24.4 Å². The summed E-state index contributed by atoms with van der Waals surface area (Å²) >= 11 is 6.05. The van der Waals surface area contributed by atoms with Gasteiger partial charge in [-0.2, -0.15) is 0 Å². The zero-order valence-electron chi connectivity index (χ0n) is 15.3. The van der Waals surface area contributed by atoms with Gasteiger partial charge >= 0.3 is 5.97 Å². The zero-order chi connectivity index (χ0) is 20.0. The highest BCUT2D eigenvalue weighted by Crippen LogP contribution is 2.26. The van der Waals surface area contributed by atoms with Gasteiger partial charge in [-0.15, -0.1) is 0 Å². The smallest absolute Gasteiger partial charge is 0.340 e. The molecule has 2 aromatic carbocycles. The van der Waals surface area contributed by atoms with E-state index in [0.717, 1.165) is 0 Å². The Hall–Kier alpha value is -2.86. The Morgan fingerprint density at radius 2 is 1.44 bits per heavy atom. The monoisotopic (exact) mass is 388 g/mol. The second kappa shape index (κ2) is 8.68. The van der Waals surface area contributed by atoms with Crippen LogP contribution in [-0.2, 0) is 14.3 Å². The van der Waals surface area contributed by atoms with Crippen molar-refractivity contribution in [3.63, 3.8) is 0 Å². The number of rotatable bonds is 6. The number of esters is 1. The van der Waals surface area contributed by atoms with E-state index >= 15 is 0 Å². The van der Waals surface area contributed by atoms with Gasteiger partial charge in [0.2, 0.25) is 11.8 Å². The van der Waals surface area contributed by atoms with E-state index in [1.807, 2.05) is 0 Å². The Balaban J connectivity index is 2.18. The summed E-state index contributed by atoms with van der Waals surface area (Å²) in [5.74, 6) is -1.64. The molecular weight excluding hydrogens is 368 g/mol. The Bertz CT molecular complexity index is 865. The number of carbonyl (C=O) groups excluding carboxylic acids is 3. The topological polar surface area (TPSA) is 84.5 Å². The first-order valence-electron chi connectivity index (χ1n) is 8.41. The molecule has 7 heteroatoms. The lowest BCUT2D eigenvalue weighted by atomic mass is 9.90. The quantitative estimate of drug-likeness (QED) is 0.575. The first-order chi connectivity index (χ1) is 12.8. The number of amides is 2. The molecule has 0 spiro atoms. The minimum atomic E-state index is -1.42. The molecule has 0 saturated carbocycles. The minimum absolute atomic E-state index is 0.215. The number of para-hydroxylation sites is 2. The van der Waals surface area contributed by atoms with Gasteiger partial charge in [0.25, 0.3) is 0 Å². The Labute approximate surface area is 162 Å². The van der Waals surface area contributed by atoms with Gasteiger partial charge in [0.15, 0.2) is 0 Å². The highest BCUT2D eigenvalue weighted by atomic mass is 35.5. The number of hydrogen-bond donors (Lipinski definition) is 2. The molecule has 0 fully saturated rings. The summed E-state index contributed by atoms with van der Waals surface area (Å²) in [5.41, 5.74) is -0.507. The van der Waals surface area contributed by atoms with E-state index in [9.17, 15) is 14.4 Å². The lowest BCUT2D eigenvalue weighted by molar-refractivity contribution is -0.135. The second-order valence-corrected chi connectivity index (χ2v) is 6.69. The lowest BCUT2D eigenvalue weighted by Gasteiger charge is -2.23. The summed E-state index contributed by atoms with van der Waals surface area (Å²) in [7, 11) is 0. The largest absolute Gasteiger partial charge is 0.462 e. The third-order valence-corrected chi connectivity index (χ3v) is 4.26. The standard InChI is InChI=1S/C20H21ClN2O4/c1-4-27-17(24)13-9-5-7-11-15(13)22-18(25)20(2,3)19(26)23-16-12-8-6-10-14(16)21/h5-12H,4H2,1-3H3,(H,22,25)(H,23,26). The molecule has 2 rings (SSSR count). The number of halogens is 1. The summed E-state index contributed by atoms with van der Waals surface area (Å²) in [6, 6.07) is 13.2. The van der Waals surface area contributed by atoms with Crippen molar-refractivity contribution >= 4 is 40.8 Å². The van der Waals surface area contributed by atoms with Crippen molar-refractivity contribution in [1.29, 1.82) is 0 Å². The van der Waals surface area contributed by atoms with Crippen LogP contribution >= 0.6 is 11.6 Å². The predicted octanol–water partition coefficient (Wildman–Crippen LogP) is 4.12. The maximum Gasteiger partial charge on any atom is 0.340 e. The van der Waals surface area contributed by atoms with Crippen molar-refractivity contribution in [2.75, 3.05) is 17.2 Å². The van der Waals surface area contributed by atoms with Gasteiger partial charge in [-0.3, -0.25) is 9.59 Å². The van der Waals surface area contributed by atoms with Crippen LogP contribution in [0.3, 0.4) is 0 Å². The average Bonchev–Trinajstić information content (AvgIpc) is 2.64. The van der Waals surface area contributed by atoms with Crippen molar-refractivity contribution in [3.8, 4) is 0 Å². The summed E-state index contributed by atoms with van der Waals surface area (Å²) in [5, 5.41) is 5.66. The van der Waals surface area contributed by atoms with E-state index in [4.69, 9.17) is 16.3 Å². The van der Waals surface area contributed by atoms with Gasteiger partial charge in [0.05, 0.1) is 28.6 Å². The molecule has 0 aliphatic carbocycles. The van der Waals surface area contributed by atoms with E-state index in [2.05, 4.69) is 10.6 Å². The van der Waals surface area contributed by atoms with Gasteiger partial charge in [-0.25, -0.2) is 4.79 Å². The predicted molar refractivity (Wildman–Crippen MR) is 105 cm³/mol. The van der Waals surface area contributed by atoms with Crippen molar-refractivity contribution in [2.24, 2.45) is 5.41 Å². The molecular formula is C20H21ClN2O4. The van der Waals surface area contributed by atoms with Crippen molar-refractivity contribution < 1.29 is 19.1 Å². The fourth-order valence-corrected chi connectivity index (χ4v) is 2.38. The number of hydrogen-bond acceptors (Lipinski definition) is 4. The van der Waals surface area contributed by atoms with E-state index in [1.165, 1.54) is 13.8 Å². The SMILES string of the molecule is CCOC(=O)c1ccccc1NC(=O)C(C)(C)C(=O)Nc1ccccc1Cl. The highest BCUT2D eigenvalue weighted by molar-refractivity contribution is 6.34. The van der Waals surface area contributed by atoms with Crippen molar-refractivity contribution in [1.82, 2.24) is 0 Å². The van der Waals surface area contributed by atoms with Gasteiger partial charge in [0, 0.05) is 0 Å². The first-order valence-corrected chi connectivity index (χ1v) is 8.78. The number of benzene rings is 2. The number of anilines is 2. The molecule has 27 heavy (non-hydrogen) atoms. The molecule has 0 aromatic heterocycles. The molecule has 6 nitrogen and oxygen atoms in total. The molecule has 2 N–H and O–H groups in total. The molecule has 0 unspecified atom stereocenters. The summed E-state index contributed by atoms with van der Waals surface area (Å²) in [4.78, 5) is 37.4. The van der Waals surface area contributed by atoms with Crippen molar-refractivity contribution in [2.45, 2.75) is 20.8 Å². The highest BCUT2D eigenvalue weighted by Gasteiger charge is 2.37. The summed E-state index contributed by atoms with van der Waals surface area (Å²) < 4.78 is 4.99. The maximum atomic E-state index is 12.7. The second-order valence-electron chi connectivity index (χ2n) is 6.28. The van der Waals surface area contributed by atoms with Crippen LogP contribution in [0.25, 0.3) is 0 Å². The Morgan fingerprint density at radius 3 is 2.04 bits per heavy atom. The van der Waals surface area contributed by atoms with Crippen LogP contribution in [0.2, 0.25) is 5.02 Å². The maximum absolute atomic E-state index is 12.7. The number of carbonyl (C=O) groups is 3. The molecule has 0 aliphatic rings. The van der Waals surface area contributed by atoms with Gasteiger partial charge < -0.3 is 15.4 Å². The zero-order valence-corrected chi connectivity index (χ0v) is 16.1. The van der Waals surface area contributed by atoms with E-state index in [1.54, 1.807) is 55.5 Å². The molecule has 0 saturated heterocycles. The van der Waals surface area contributed by atoms with Crippen LogP contribution in [0.1, 0.15) is 31.1 Å². The average molecular weight is 389 g/mol. The van der Waals surface area contributed by atoms with Crippen molar-refractivity contribution in [3.05, 3.63) is 59.1 Å². The van der Waals surface area contributed by atoms with E-state index in [-0.39, 0.29) is 17.9 Å². The summed E-state index contributed by atoms with van der Waals surface area (Å²) in [6.07, 6.45) is 0.